The maximum Gasteiger partial charge on any atom is 0.312 e. The number of ether oxygens (including phenoxy) is 1. The Labute approximate surface area is 170 Å². The summed E-state index contributed by atoms with van der Waals surface area (Å²) in [7, 11) is -1.69. The normalized spacial score (nSPS) is 21.2. The summed E-state index contributed by atoms with van der Waals surface area (Å²) in [5.41, 5.74) is 0.864. The van der Waals surface area contributed by atoms with Gasteiger partial charge in [0.15, 0.2) is 9.84 Å². The van der Waals surface area contributed by atoms with E-state index in [2.05, 4.69) is 0 Å². The average molecular weight is 427 g/mol. The van der Waals surface area contributed by atoms with Gasteiger partial charge in [0.25, 0.3) is 0 Å². The molecule has 2 fully saturated rings. The molecule has 1 aromatic rings. The summed E-state index contributed by atoms with van der Waals surface area (Å²) in [5, 5.41) is 0. The molecule has 0 bridgehead atoms. The molecule has 1 aromatic carbocycles. The van der Waals surface area contributed by atoms with Crippen molar-refractivity contribution in [2.24, 2.45) is 0 Å². The number of amides is 2. The van der Waals surface area contributed by atoms with Crippen LogP contribution in [0.2, 0.25) is 0 Å². The number of nitrogens with zero attached hydrogens (tertiary/aromatic N) is 3. The number of carbonyl (C=O) groups excluding carboxylic acids is 2. The van der Waals surface area contributed by atoms with Crippen LogP contribution in [-0.2, 0) is 24.2 Å². The highest BCUT2D eigenvalue weighted by Crippen LogP contribution is 2.20. The zero-order valence-electron chi connectivity index (χ0n) is 16.4. The van der Waals surface area contributed by atoms with E-state index >= 15 is 0 Å². The molecule has 0 aromatic heterocycles. The van der Waals surface area contributed by atoms with Crippen molar-refractivity contribution in [1.82, 2.24) is 9.80 Å². The fourth-order valence-electron chi connectivity index (χ4n) is 3.74. The van der Waals surface area contributed by atoms with Crippen molar-refractivity contribution in [1.29, 1.82) is 0 Å². The summed E-state index contributed by atoms with van der Waals surface area (Å²) in [6.45, 7) is 2.19. The summed E-state index contributed by atoms with van der Waals surface area (Å²) in [6.07, 6.45) is 0.337. The summed E-state index contributed by atoms with van der Waals surface area (Å²) < 4.78 is 41.7. The van der Waals surface area contributed by atoms with Crippen LogP contribution in [0.25, 0.3) is 0 Å². The highest BCUT2D eigenvalue weighted by atomic mass is 32.2. The largest absolute Gasteiger partial charge is 0.383 e. The zero-order chi connectivity index (χ0) is 21.0. The van der Waals surface area contributed by atoms with E-state index < -0.39 is 27.7 Å². The van der Waals surface area contributed by atoms with E-state index in [4.69, 9.17) is 4.74 Å². The summed E-state index contributed by atoms with van der Waals surface area (Å²) >= 11 is 0. The van der Waals surface area contributed by atoms with E-state index in [9.17, 15) is 22.4 Å². The molecule has 160 valence electrons. The van der Waals surface area contributed by atoms with Gasteiger partial charge in [-0.25, -0.2) is 12.8 Å². The molecular weight excluding hydrogens is 401 g/mol. The van der Waals surface area contributed by atoms with Crippen LogP contribution in [0.3, 0.4) is 0 Å². The Morgan fingerprint density at radius 2 is 1.83 bits per heavy atom. The number of benzene rings is 1. The predicted octanol–water partition coefficient (Wildman–Crippen LogP) is 0.136. The van der Waals surface area contributed by atoms with E-state index in [0.29, 0.717) is 32.6 Å². The van der Waals surface area contributed by atoms with E-state index in [-0.39, 0.29) is 30.5 Å². The molecule has 0 radical (unpaired) electrons. The van der Waals surface area contributed by atoms with Crippen LogP contribution in [0.15, 0.2) is 24.3 Å². The number of methoxy groups -OCH3 is 1. The maximum absolute atomic E-state index is 13.1. The minimum atomic E-state index is -3.18. The molecule has 10 heteroatoms. The van der Waals surface area contributed by atoms with Crippen LogP contribution in [0, 0.1) is 5.82 Å². The monoisotopic (exact) mass is 427 g/mol. The molecule has 2 aliphatic rings. The number of piperazine rings is 1. The van der Waals surface area contributed by atoms with Gasteiger partial charge < -0.3 is 19.4 Å². The Morgan fingerprint density at radius 1 is 1.17 bits per heavy atom. The van der Waals surface area contributed by atoms with Crippen LogP contribution in [-0.4, -0.2) is 94.0 Å². The van der Waals surface area contributed by atoms with Crippen LogP contribution in [0.1, 0.15) is 6.42 Å². The summed E-state index contributed by atoms with van der Waals surface area (Å²) in [4.78, 5) is 30.5. The molecule has 1 atom stereocenters. The van der Waals surface area contributed by atoms with Crippen molar-refractivity contribution in [2.75, 3.05) is 62.8 Å². The molecule has 2 amide bonds. The quantitative estimate of drug-likeness (QED) is 0.621. The van der Waals surface area contributed by atoms with Gasteiger partial charge in [-0.1, -0.05) is 0 Å². The number of hydrogen-bond donors (Lipinski definition) is 0. The van der Waals surface area contributed by atoms with Gasteiger partial charge in [0.05, 0.1) is 18.1 Å². The van der Waals surface area contributed by atoms with E-state index in [1.165, 1.54) is 29.0 Å². The van der Waals surface area contributed by atoms with E-state index in [1.54, 1.807) is 12.1 Å². The molecule has 2 aliphatic heterocycles. The highest BCUT2D eigenvalue weighted by Gasteiger charge is 2.38. The van der Waals surface area contributed by atoms with Gasteiger partial charge in [0, 0.05) is 51.6 Å². The smallest absolute Gasteiger partial charge is 0.312 e. The summed E-state index contributed by atoms with van der Waals surface area (Å²) in [6, 6.07) is 5.65. The molecule has 3 rings (SSSR count). The fourth-order valence-corrected chi connectivity index (χ4v) is 5.47. The number of halogens is 1. The molecule has 0 aliphatic carbocycles. The van der Waals surface area contributed by atoms with Crippen molar-refractivity contribution < 1.29 is 27.1 Å². The topological polar surface area (TPSA) is 87.2 Å². The van der Waals surface area contributed by atoms with Crippen LogP contribution in [0.4, 0.5) is 10.1 Å². The Morgan fingerprint density at radius 3 is 2.38 bits per heavy atom. The third-order valence-electron chi connectivity index (χ3n) is 5.39. The molecule has 0 spiro atoms. The Balaban J connectivity index is 1.62. The molecular formula is C19H26FN3O5S. The molecule has 2 heterocycles. The predicted molar refractivity (Wildman–Crippen MR) is 106 cm³/mol. The molecule has 1 unspecified atom stereocenters. The van der Waals surface area contributed by atoms with Gasteiger partial charge in [-0.2, -0.15) is 0 Å². The lowest BCUT2D eigenvalue weighted by atomic mass is 10.2. The Kier molecular flexibility index (Phi) is 6.74. The molecule has 29 heavy (non-hydrogen) atoms. The lowest BCUT2D eigenvalue weighted by Gasteiger charge is -2.37. The number of hydrogen-bond acceptors (Lipinski definition) is 6. The van der Waals surface area contributed by atoms with Crippen molar-refractivity contribution in [3.8, 4) is 0 Å². The third-order valence-corrected chi connectivity index (χ3v) is 7.14. The Bertz CT molecular complexity index is 838. The number of carbonyl (C=O) groups is 2. The minimum absolute atomic E-state index is 0.0267. The van der Waals surface area contributed by atoms with Crippen LogP contribution >= 0.6 is 0 Å². The number of anilines is 1. The first-order valence-electron chi connectivity index (χ1n) is 9.60. The molecule has 0 saturated carbocycles. The summed E-state index contributed by atoms with van der Waals surface area (Å²) in [5.74, 6) is -1.70. The molecule has 0 N–H and O–H groups in total. The van der Waals surface area contributed by atoms with Gasteiger partial charge in [0.2, 0.25) is 0 Å². The van der Waals surface area contributed by atoms with Gasteiger partial charge in [-0.05, 0) is 30.7 Å². The first kappa shape index (κ1) is 21.5. The van der Waals surface area contributed by atoms with E-state index in [0.717, 1.165) is 5.69 Å². The lowest BCUT2D eigenvalue weighted by molar-refractivity contribution is -0.153. The second-order valence-corrected chi connectivity index (χ2v) is 9.53. The van der Waals surface area contributed by atoms with E-state index in [1.807, 2.05) is 4.90 Å². The average Bonchev–Trinajstić information content (AvgIpc) is 3.07. The zero-order valence-corrected chi connectivity index (χ0v) is 17.2. The third kappa shape index (κ3) is 5.24. The maximum atomic E-state index is 13.1. The number of rotatable bonds is 5. The van der Waals surface area contributed by atoms with Gasteiger partial charge >= 0.3 is 11.8 Å². The van der Waals surface area contributed by atoms with Gasteiger partial charge in [0.1, 0.15) is 5.82 Å². The van der Waals surface area contributed by atoms with Crippen molar-refractivity contribution >= 4 is 27.3 Å². The first-order valence-corrected chi connectivity index (χ1v) is 11.4. The first-order chi connectivity index (χ1) is 13.8. The fraction of sp³-hybridized carbons (Fsp3) is 0.579. The minimum Gasteiger partial charge on any atom is -0.383 e. The van der Waals surface area contributed by atoms with Crippen molar-refractivity contribution in [3.63, 3.8) is 0 Å². The molecule has 8 nitrogen and oxygen atoms in total. The van der Waals surface area contributed by atoms with Gasteiger partial charge in [-0.15, -0.1) is 0 Å². The second-order valence-electron chi connectivity index (χ2n) is 7.30. The SMILES string of the molecule is COCCN(C(=O)C(=O)N1CCN(c2ccc(F)cc2)CC1)C1CCS(=O)(=O)C1. The highest BCUT2D eigenvalue weighted by molar-refractivity contribution is 7.91. The Hall–Kier alpha value is -2.20. The standard InChI is InChI=1S/C19H26FN3O5S/c1-28-12-11-23(17-6-13-29(26,27)14-17)19(25)18(24)22-9-7-21(8-10-22)16-4-2-15(20)3-5-16/h2-5,17H,6-14H2,1H3. The van der Waals surface area contributed by atoms with Crippen molar-refractivity contribution in [3.05, 3.63) is 30.1 Å². The second kappa shape index (κ2) is 9.08. The van der Waals surface area contributed by atoms with Crippen LogP contribution in [0.5, 0.6) is 0 Å². The van der Waals surface area contributed by atoms with Gasteiger partial charge in [-0.3, -0.25) is 9.59 Å². The van der Waals surface area contributed by atoms with Crippen molar-refractivity contribution in [2.45, 2.75) is 12.5 Å². The molecule has 2 saturated heterocycles. The van der Waals surface area contributed by atoms with Crippen LogP contribution < -0.4 is 4.90 Å². The number of sulfone groups is 1. The lowest BCUT2D eigenvalue weighted by Crippen LogP contribution is -2.55.